The highest BCUT2D eigenvalue weighted by Gasteiger charge is 2.43. The summed E-state index contributed by atoms with van der Waals surface area (Å²) in [6, 6.07) is 65.2. The minimum Gasteiger partial charge on any atom is -0.309 e. The molecule has 0 unspecified atom stereocenters. The average Bonchev–Trinajstić information content (AvgIpc) is 3.52. The lowest BCUT2D eigenvalue weighted by molar-refractivity contribution is 1.18. The van der Waals surface area contributed by atoms with Crippen molar-refractivity contribution in [2.45, 2.75) is 0 Å². The van der Waals surface area contributed by atoms with E-state index in [-0.39, 0.29) is 0 Å². The first-order valence-corrected chi connectivity index (χ1v) is 18.4. The Kier molecular flexibility index (Phi) is 7.63. The summed E-state index contributed by atoms with van der Waals surface area (Å²) in [5.74, 6) is 0. The second-order valence-electron chi connectivity index (χ2n) is 12.3. The fourth-order valence-corrected chi connectivity index (χ4v) is 12.6. The fraction of sp³-hybridized carbons (Fsp3) is 0. The third-order valence-electron chi connectivity index (χ3n) is 9.63. The van der Waals surface area contributed by atoms with Crippen LogP contribution in [0.5, 0.6) is 0 Å². The highest BCUT2D eigenvalue weighted by atomic mass is 28.3. The predicted molar refractivity (Wildman–Crippen MR) is 204 cm³/mol. The van der Waals surface area contributed by atoms with E-state index in [0.717, 1.165) is 43.8 Å². The van der Waals surface area contributed by atoms with Crippen molar-refractivity contribution in [1.82, 2.24) is 4.57 Å². The summed E-state index contributed by atoms with van der Waals surface area (Å²) >= 11 is 0. The molecule has 0 aliphatic carbocycles. The molecule has 7 aromatic carbocycles. The van der Waals surface area contributed by atoms with Gasteiger partial charge in [-0.1, -0.05) is 115 Å². The molecule has 8 aromatic rings. The topological polar surface area (TPSA) is 76.3 Å². The van der Waals surface area contributed by atoms with Gasteiger partial charge in [-0.05, 0) is 86.5 Å². The zero-order chi connectivity index (χ0) is 34.1. The molecule has 0 N–H and O–H groups in total. The molecule has 4 nitrogen and oxygen atoms in total. The van der Waals surface area contributed by atoms with Gasteiger partial charge in [0.1, 0.15) is 0 Å². The number of aromatic nitrogens is 1. The van der Waals surface area contributed by atoms with Gasteiger partial charge in [0, 0.05) is 16.5 Å². The fourth-order valence-electron chi connectivity index (χ4n) is 7.54. The molecule has 50 heavy (non-hydrogen) atoms. The molecule has 0 bridgehead atoms. The summed E-state index contributed by atoms with van der Waals surface area (Å²) in [6.45, 7) is 0. The number of nitriles is 3. The summed E-state index contributed by atoms with van der Waals surface area (Å²) in [4.78, 5) is 0. The lowest BCUT2D eigenvalue weighted by atomic mass is 9.99. The summed E-state index contributed by atoms with van der Waals surface area (Å²) in [6.07, 6.45) is 0. The Morgan fingerprint density at radius 3 is 1.42 bits per heavy atom. The molecule has 0 saturated heterocycles. The van der Waals surface area contributed by atoms with E-state index in [1.54, 1.807) is 0 Å². The molecule has 0 amide bonds. The van der Waals surface area contributed by atoms with Crippen LogP contribution in [0.3, 0.4) is 0 Å². The van der Waals surface area contributed by atoms with Gasteiger partial charge in [-0.25, -0.2) is 0 Å². The van der Waals surface area contributed by atoms with Gasteiger partial charge in [0.25, 0.3) is 0 Å². The van der Waals surface area contributed by atoms with Crippen molar-refractivity contribution in [2.75, 3.05) is 0 Å². The van der Waals surface area contributed by atoms with E-state index in [9.17, 15) is 15.8 Å². The molecular weight excluding hydrogens is 625 g/mol. The van der Waals surface area contributed by atoms with E-state index in [0.29, 0.717) is 16.7 Å². The van der Waals surface area contributed by atoms with Gasteiger partial charge in [0.2, 0.25) is 0 Å². The third-order valence-corrected chi connectivity index (χ3v) is 14.4. The zero-order valence-corrected chi connectivity index (χ0v) is 28.0. The number of hydrogen-bond acceptors (Lipinski definition) is 3. The maximum Gasteiger partial charge on any atom is 0.180 e. The summed E-state index contributed by atoms with van der Waals surface area (Å²) in [5.41, 5.74) is 6.36. The Labute approximate surface area is 291 Å². The van der Waals surface area contributed by atoms with Crippen molar-refractivity contribution in [3.63, 3.8) is 0 Å². The van der Waals surface area contributed by atoms with Crippen LogP contribution >= 0.6 is 0 Å². The van der Waals surface area contributed by atoms with Crippen LogP contribution < -0.4 is 20.7 Å². The Morgan fingerprint density at radius 1 is 0.440 bits per heavy atom. The summed E-state index contributed by atoms with van der Waals surface area (Å²) in [5, 5.41) is 36.8. The molecule has 1 aromatic heterocycles. The van der Waals surface area contributed by atoms with Crippen molar-refractivity contribution in [3.8, 4) is 35.0 Å². The molecule has 0 spiro atoms. The highest BCUT2D eigenvalue weighted by molar-refractivity contribution is 7.20. The van der Waals surface area contributed by atoms with Gasteiger partial charge in [0.15, 0.2) is 8.07 Å². The second kappa shape index (κ2) is 12.6. The Bertz CT molecular complexity index is 2510. The van der Waals surface area contributed by atoms with Crippen LogP contribution in [-0.4, -0.2) is 12.6 Å². The zero-order valence-electron chi connectivity index (χ0n) is 27.0. The van der Waals surface area contributed by atoms with Gasteiger partial charge in [0.05, 0.1) is 45.9 Å². The smallest absolute Gasteiger partial charge is 0.180 e. The van der Waals surface area contributed by atoms with E-state index < -0.39 is 8.07 Å². The molecule has 0 atom stereocenters. The van der Waals surface area contributed by atoms with E-state index >= 15 is 0 Å². The number of hydrogen-bond donors (Lipinski definition) is 0. The number of rotatable bonds is 6. The Balaban J connectivity index is 1.46. The van der Waals surface area contributed by atoms with E-state index in [4.69, 9.17) is 0 Å². The molecule has 0 fully saturated rings. The SMILES string of the molecule is N#Cc1ccc2c(c1)c1cc(C#N)ccc1n2-c1cccc(-c2c(C#N)cccc2[Si](c2ccccc2)(c2ccccc2)c2ccccc2)c1. The number of nitrogens with zero attached hydrogens (tertiary/aromatic N) is 4. The van der Waals surface area contributed by atoms with Crippen molar-refractivity contribution in [2.24, 2.45) is 0 Å². The Morgan fingerprint density at radius 2 is 0.940 bits per heavy atom. The molecular formula is C45H28N4Si. The summed E-state index contributed by atoms with van der Waals surface area (Å²) in [7, 11) is -2.99. The van der Waals surface area contributed by atoms with Crippen LogP contribution in [0, 0.1) is 34.0 Å². The van der Waals surface area contributed by atoms with Gasteiger partial charge in [-0.2, -0.15) is 15.8 Å². The average molecular weight is 653 g/mol. The van der Waals surface area contributed by atoms with Crippen LogP contribution in [0.25, 0.3) is 38.6 Å². The molecule has 0 radical (unpaired) electrons. The third kappa shape index (κ3) is 4.80. The lowest BCUT2D eigenvalue weighted by Gasteiger charge is -2.36. The predicted octanol–water partition coefficient (Wildman–Crippen LogP) is 7.44. The van der Waals surface area contributed by atoms with Gasteiger partial charge >= 0.3 is 0 Å². The first kappa shape index (κ1) is 30.4. The molecule has 232 valence electrons. The number of benzene rings is 7. The van der Waals surface area contributed by atoms with Crippen LogP contribution in [-0.2, 0) is 0 Å². The monoisotopic (exact) mass is 652 g/mol. The summed E-state index contributed by atoms with van der Waals surface area (Å²) < 4.78 is 2.18. The number of fused-ring (bicyclic) bond motifs is 3. The van der Waals surface area contributed by atoms with Crippen LogP contribution in [0.2, 0.25) is 0 Å². The quantitative estimate of drug-likeness (QED) is 0.138. The molecule has 5 heteroatoms. The van der Waals surface area contributed by atoms with Gasteiger partial charge in [-0.15, -0.1) is 0 Å². The van der Waals surface area contributed by atoms with E-state index in [1.807, 2.05) is 54.6 Å². The second-order valence-corrected chi connectivity index (χ2v) is 16.0. The largest absolute Gasteiger partial charge is 0.309 e. The van der Waals surface area contributed by atoms with Gasteiger partial charge < -0.3 is 4.57 Å². The van der Waals surface area contributed by atoms with Crippen LogP contribution in [0.4, 0.5) is 0 Å². The normalized spacial score (nSPS) is 11.1. The van der Waals surface area contributed by atoms with Gasteiger partial charge in [-0.3, -0.25) is 0 Å². The van der Waals surface area contributed by atoms with E-state index in [2.05, 4.69) is 138 Å². The van der Waals surface area contributed by atoms with Crippen molar-refractivity contribution < 1.29 is 0 Å². The lowest BCUT2D eigenvalue weighted by Crippen LogP contribution is -2.75. The maximum atomic E-state index is 10.7. The Hall–Kier alpha value is -6.97. The molecule has 0 aliphatic heterocycles. The highest BCUT2D eigenvalue weighted by Crippen LogP contribution is 2.35. The first-order chi connectivity index (χ1) is 24.7. The minimum atomic E-state index is -2.99. The van der Waals surface area contributed by atoms with Crippen LogP contribution in [0.15, 0.2) is 170 Å². The van der Waals surface area contributed by atoms with Crippen molar-refractivity contribution in [3.05, 3.63) is 187 Å². The maximum absolute atomic E-state index is 10.7. The van der Waals surface area contributed by atoms with Crippen LogP contribution in [0.1, 0.15) is 16.7 Å². The molecule has 0 aliphatic rings. The standard InChI is InChI=1S/C45H28N4Si/c46-29-32-22-24-42-40(26-32)41-27-33(30-47)23-25-43(41)49(42)36-14-10-12-34(28-36)45-35(31-48)13-11-21-44(45)50(37-15-4-1-5-16-37,38-17-6-2-7-18-38)39-19-8-3-9-20-39/h1-28H. The van der Waals surface area contributed by atoms with E-state index in [1.165, 1.54) is 15.6 Å². The first-order valence-electron chi connectivity index (χ1n) is 16.4. The van der Waals surface area contributed by atoms with Crippen molar-refractivity contribution >= 4 is 50.6 Å². The minimum absolute atomic E-state index is 0.560. The van der Waals surface area contributed by atoms with Crippen molar-refractivity contribution in [1.29, 1.82) is 15.8 Å². The molecule has 1 heterocycles. The molecule has 8 rings (SSSR count). The molecule has 0 saturated carbocycles.